The second-order valence-electron chi connectivity index (χ2n) is 6.48. The van der Waals surface area contributed by atoms with Crippen LogP contribution in [0, 0.1) is 0 Å². The molecule has 0 saturated heterocycles. The van der Waals surface area contributed by atoms with Crippen molar-refractivity contribution in [2.45, 2.75) is 24.9 Å². The Kier molecular flexibility index (Phi) is 5.73. The molecule has 0 amide bonds. The van der Waals surface area contributed by atoms with Crippen LogP contribution in [0.15, 0.2) is 47.5 Å². The highest BCUT2D eigenvalue weighted by Crippen LogP contribution is 2.48. The molecule has 1 unspecified atom stereocenters. The van der Waals surface area contributed by atoms with Crippen LogP contribution >= 0.6 is 23.2 Å². The second kappa shape index (κ2) is 7.76. The minimum atomic E-state index is -4.54. The number of aliphatic imine (C=N–C) groups is 1. The number of halogens is 5. The van der Waals surface area contributed by atoms with Gasteiger partial charge in [0.25, 0.3) is 0 Å². The number of alkyl halides is 3. The minimum absolute atomic E-state index is 0.0145. The first-order valence-electron chi connectivity index (χ1n) is 8.50. The summed E-state index contributed by atoms with van der Waals surface area (Å²) in [6.45, 7) is 1.48. The monoisotopic (exact) mass is 429 g/mol. The van der Waals surface area contributed by atoms with E-state index >= 15 is 0 Å². The predicted octanol–water partition coefficient (Wildman–Crippen LogP) is 5.86. The summed E-state index contributed by atoms with van der Waals surface area (Å²) >= 11 is 11.9. The highest BCUT2D eigenvalue weighted by Gasteiger charge is 2.58. The molecule has 0 aliphatic carbocycles. The lowest BCUT2D eigenvalue weighted by atomic mass is 9.76. The van der Waals surface area contributed by atoms with Crippen molar-refractivity contribution in [3.05, 3.63) is 69.2 Å². The zero-order valence-corrected chi connectivity index (χ0v) is 16.3. The third-order valence-electron chi connectivity index (χ3n) is 4.70. The van der Waals surface area contributed by atoms with Crippen molar-refractivity contribution in [2.75, 3.05) is 13.2 Å². The van der Waals surface area contributed by atoms with Gasteiger partial charge in [-0.2, -0.15) is 13.2 Å². The van der Waals surface area contributed by atoms with E-state index in [9.17, 15) is 18.0 Å². The average molecular weight is 430 g/mol. The van der Waals surface area contributed by atoms with Gasteiger partial charge in [-0.25, -0.2) is 4.79 Å². The van der Waals surface area contributed by atoms with Crippen LogP contribution in [0.5, 0.6) is 0 Å². The Morgan fingerprint density at radius 1 is 1.14 bits per heavy atom. The molecular formula is C20H16Cl2F3NO2. The third kappa shape index (κ3) is 3.89. The molecule has 0 bridgehead atoms. The maximum atomic E-state index is 14.1. The summed E-state index contributed by atoms with van der Waals surface area (Å²) in [5.74, 6) is -0.486. The number of nitrogens with zero attached hydrogens (tertiary/aromatic N) is 1. The van der Waals surface area contributed by atoms with E-state index in [1.807, 2.05) is 0 Å². The molecule has 0 N–H and O–H groups in total. The molecular weight excluding hydrogens is 414 g/mol. The highest BCUT2D eigenvalue weighted by atomic mass is 35.5. The van der Waals surface area contributed by atoms with E-state index in [-0.39, 0.29) is 28.6 Å². The van der Waals surface area contributed by atoms with Crippen molar-refractivity contribution in [1.82, 2.24) is 0 Å². The van der Waals surface area contributed by atoms with E-state index in [1.165, 1.54) is 30.3 Å². The Labute approximate surface area is 170 Å². The van der Waals surface area contributed by atoms with Crippen LogP contribution in [0.4, 0.5) is 13.2 Å². The lowest BCUT2D eigenvalue weighted by Gasteiger charge is -2.31. The van der Waals surface area contributed by atoms with Crippen molar-refractivity contribution in [2.24, 2.45) is 4.99 Å². The van der Waals surface area contributed by atoms with Crippen LogP contribution in [-0.4, -0.2) is 31.0 Å². The van der Waals surface area contributed by atoms with E-state index in [1.54, 1.807) is 19.1 Å². The molecule has 3 nitrogen and oxygen atoms in total. The normalized spacial score (nSPS) is 19.4. The molecule has 0 fully saturated rings. The molecule has 8 heteroatoms. The van der Waals surface area contributed by atoms with Crippen molar-refractivity contribution in [3.8, 4) is 0 Å². The fourth-order valence-electron chi connectivity index (χ4n) is 3.21. The fourth-order valence-corrected chi connectivity index (χ4v) is 3.74. The zero-order chi connectivity index (χ0) is 20.5. The Bertz CT molecular complexity index is 906. The van der Waals surface area contributed by atoms with Crippen LogP contribution in [-0.2, 0) is 10.2 Å². The number of hydrogen-bond donors (Lipinski definition) is 0. The molecule has 1 aliphatic heterocycles. The van der Waals surface area contributed by atoms with Gasteiger partial charge in [-0.3, -0.25) is 4.99 Å². The summed E-state index contributed by atoms with van der Waals surface area (Å²) in [5.41, 5.74) is -1.06. The van der Waals surface area contributed by atoms with Gasteiger partial charge >= 0.3 is 12.1 Å². The maximum absolute atomic E-state index is 14.1. The highest BCUT2D eigenvalue weighted by molar-refractivity contribution is 6.34. The largest absolute Gasteiger partial charge is 0.462 e. The number of hydrogen-bond acceptors (Lipinski definition) is 3. The van der Waals surface area contributed by atoms with Gasteiger partial charge in [-0.15, -0.1) is 0 Å². The van der Waals surface area contributed by atoms with E-state index in [4.69, 9.17) is 27.9 Å². The van der Waals surface area contributed by atoms with Crippen molar-refractivity contribution < 1.29 is 22.7 Å². The van der Waals surface area contributed by atoms with Crippen LogP contribution in [0.1, 0.15) is 34.8 Å². The van der Waals surface area contributed by atoms with Gasteiger partial charge < -0.3 is 4.74 Å². The number of ether oxygens (including phenoxy) is 1. The molecule has 1 aliphatic rings. The molecule has 2 aromatic rings. The average Bonchev–Trinajstić information content (AvgIpc) is 3.08. The number of esters is 1. The molecule has 0 spiro atoms. The van der Waals surface area contributed by atoms with Crippen molar-refractivity contribution in [3.63, 3.8) is 0 Å². The molecule has 0 saturated carbocycles. The Morgan fingerprint density at radius 2 is 1.75 bits per heavy atom. The molecule has 1 atom stereocenters. The number of carbonyl (C=O) groups is 1. The molecule has 2 aromatic carbocycles. The SMILES string of the molecule is CCOC(=O)c1ccc(C2=NCC(c3cc(Cl)cc(Cl)c3)(C(F)(F)F)C2)cc1. The first kappa shape index (κ1) is 20.7. The van der Waals surface area contributed by atoms with Gasteiger partial charge in [-0.05, 0) is 48.4 Å². The van der Waals surface area contributed by atoms with Crippen molar-refractivity contribution >= 4 is 34.9 Å². The van der Waals surface area contributed by atoms with Gasteiger partial charge in [0, 0.05) is 22.2 Å². The second-order valence-corrected chi connectivity index (χ2v) is 7.35. The smallest absolute Gasteiger partial charge is 0.400 e. The van der Waals surface area contributed by atoms with Crippen LogP contribution in [0.2, 0.25) is 10.0 Å². The number of rotatable bonds is 4. The molecule has 0 aromatic heterocycles. The van der Waals surface area contributed by atoms with Gasteiger partial charge in [0.05, 0.1) is 18.7 Å². The van der Waals surface area contributed by atoms with E-state index in [2.05, 4.69) is 4.99 Å². The van der Waals surface area contributed by atoms with Gasteiger partial charge in [0.1, 0.15) is 5.41 Å². The summed E-state index contributed by atoms with van der Waals surface area (Å²) in [5, 5.41) is 0.275. The van der Waals surface area contributed by atoms with Gasteiger partial charge in [-0.1, -0.05) is 35.3 Å². The van der Waals surface area contributed by atoms with Crippen LogP contribution in [0.25, 0.3) is 0 Å². The Morgan fingerprint density at radius 3 is 2.29 bits per heavy atom. The number of carbonyl (C=O) groups excluding carboxylic acids is 1. The topological polar surface area (TPSA) is 38.7 Å². The summed E-state index contributed by atoms with van der Waals surface area (Å²) in [7, 11) is 0. The molecule has 28 heavy (non-hydrogen) atoms. The van der Waals surface area contributed by atoms with E-state index in [0.29, 0.717) is 16.8 Å². The van der Waals surface area contributed by atoms with E-state index < -0.39 is 24.1 Å². The molecule has 1 heterocycles. The van der Waals surface area contributed by atoms with Crippen molar-refractivity contribution in [1.29, 1.82) is 0 Å². The summed E-state index contributed by atoms with van der Waals surface area (Å²) in [4.78, 5) is 15.9. The Balaban J connectivity index is 1.92. The number of benzene rings is 2. The van der Waals surface area contributed by atoms with Crippen LogP contribution in [0.3, 0.4) is 0 Å². The Hall–Kier alpha value is -2.05. The van der Waals surface area contributed by atoms with E-state index in [0.717, 1.165) is 0 Å². The molecule has 148 valence electrons. The first-order valence-corrected chi connectivity index (χ1v) is 9.26. The fraction of sp³-hybridized carbons (Fsp3) is 0.300. The van der Waals surface area contributed by atoms with Gasteiger partial charge in [0.15, 0.2) is 0 Å². The summed E-state index contributed by atoms with van der Waals surface area (Å²) in [6.07, 6.45) is -4.89. The quantitative estimate of drug-likeness (QED) is 0.570. The van der Waals surface area contributed by atoms with Crippen LogP contribution < -0.4 is 0 Å². The lowest BCUT2D eigenvalue weighted by molar-refractivity contribution is -0.183. The summed E-state index contributed by atoms with van der Waals surface area (Å²) < 4.78 is 47.2. The van der Waals surface area contributed by atoms with Gasteiger partial charge in [0.2, 0.25) is 0 Å². The molecule has 3 rings (SSSR count). The summed E-state index contributed by atoms with van der Waals surface area (Å²) in [6, 6.07) is 10.1. The molecule has 0 radical (unpaired) electrons. The lowest BCUT2D eigenvalue weighted by Crippen LogP contribution is -2.43. The standard InChI is InChI=1S/C20H16Cl2F3NO2/c1-2-28-18(27)13-5-3-12(4-6-13)17-10-19(11-26-17,20(23,24)25)14-7-15(21)9-16(22)8-14/h3-9H,2,10-11H2,1H3. The third-order valence-corrected chi connectivity index (χ3v) is 5.13. The zero-order valence-electron chi connectivity index (χ0n) is 14.8. The maximum Gasteiger partial charge on any atom is 0.400 e. The first-order chi connectivity index (χ1) is 13.2. The minimum Gasteiger partial charge on any atom is -0.462 e. The predicted molar refractivity (Wildman–Crippen MR) is 103 cm³/mol.